The van der Waals surface area contributed by atoms with Crippen molar-refractivity contribution >= 4 is 11.9 Å². The molecule has 1 aliphatic heterocycles. The summed E-state index contributed by atoms with van der Waals surface area (Å²) < 4.78 is 0. The zero-order valence-electron chi connectivity index (χ0n) is 12.3. The molecular formula is C16H22N2O3. The van der Waals surface area contributed by atoms with Crippen LogP contribution in [-0.4, -0.2) is 35.0 Å². The summed E-state index contributed by atoms with van der Waals surface area (Å²) in [4.78, 5) is 25.3. The van der Waals surface area contributed by atoms with E-state index in [-0.39, 0.29) is 5.91 Å². The van der Waals surface area contributed by atoms with Crippen molar-refractivity contribution in [3.05, 3.63) is 35.4 Å². The van der Waals surface area contributed by atoms with Crippen LogP contribution >= 0.6 is 0 Å². The summed E-state index contributed by atoms with van der Waals surface area (Å²) in [6, 6.07) is 7.67. The number of carboxylic acids is 1. The molecule has 0 bridgehead atoms. The van der Waals surface area contributed by atoms with Crippen molar-refractivity contribution in [2.45, 2.75) is 32.7 Å². The Morgan fingerprint density at radius 1 is 1.24 bits per heavy atom. The van der Waals surface area contributed by atoms with Crippen molar-refractivity contribution in [2.75, 3.05) is 13.1 Å². The lowest BCUT2D eigenvalue weighted by Crippen LogP contribution is -2.45. The highest BCUT2D eigenvalue weighted by molar-refractivity contribution is 5.80. The Morgan fingerprint density at radius 2 is 1.81 bits per heavy atom. The van der Waals surface area contributed by atoms with E-state index in [0.717, 1.165) is 11.1 Å². The number of rotatable bonds is 4. The van der Waals surface area contributed by atoms with Crippen LogP contribution in [0.15, 0.2) is 24.3 Å². The van der Waals surface area contributed by atoms with E-state index < -0.39 is 11.4 Å². The number of nitrogens with zero attached hydrogens (tertiary/aromatic N) is 1. The van der Waals surface area contributed by atoms with E-state index in [1.54, 1.807) is 11.8 Å². The summed E-state index contributed by atoms with van der Waals surface area (Å²) in [6.07, 6.45) is 1.34. The zero-order chi connectivity index (χ0) is 15.5. The molecule has 1 aromatic rings. The van der Waals surface area contributed by atoms with Crippen molar-refractivity contribution < 1.29 is 14.7 Å². The molecule has 5 nitrogen and oxygen atoms in total. The molecule has 0 atom stereocenters. The largest absolute Gasteiger partial charge is 0.481 e. The molecule has 21 heavy (non-hydrogen) atoms. The summed E-state index contributed by atoms with van der Waals surface area (Å²) in [6.45, 7) is 3.18. The number of nitrogens with two attached hydrogens (primary N) is 1. The summed E-state index contributed by atoms with van der Waals surface area (Å²) in [5.74, 6) is -0.730. The Bertz CT molecular complexity index is 534. The first kappa shape index (κ1) is 15.5. The number of aliphatic carboxylic acids is 1. The fourth-order valence-electron chi connectivity index (χ4n) is 2.67. The van der Waals surface area contributed by atoms with Gasteiger partial charge in [0.25, 0.3) is 0 Å². The van der Waals surface area contributed by atoms with Crippen LogP contribution in [-0.2, 0) is 22.6 Å². The first-order chi connectivity index (χ1) is 9.96. The molecule has 1 saturated heterocycles. The van der Waals surface area contributed by atoms with Gasteiger partial charge in [-0.3, -0.25) is 9.59 Å². The monoisotopic (exact) mass is 290 g/mol. The van der Waals surface area contributed by atoms with Gasteiger partial charge in [0.1, 0.15) is 0 Å². The van der Waals surface area contributed by atoms with Gasteiger partial charge in [-0.1, -0.05) is 24.3 Å². The van der Waals surface area contributed by atoms with Crippen LogP contribution in [0.1, 0.15) is 30.9 Å². The predicted octanol–water partition coefficient (Wildman–Crippen LogP) is 1.40. The maximum Gasteiger partial charge on any atom is 0.309 e. The van der Waals surface area contributed by atoms with Crippen LogP contribution < -0.4 is 5.73 Å². The highest BCUT2D eigenvalue weighted by Gasteiger charge is 2.37. The number of carbonyl (C=O) groups is 2. The number of piperidine rings is 1. The van der Waals surface area contributed by atoms with Gasteiger partial charge in [-0.25, -0.2) is 0 Å². The number of carboxylic acid groups (broad SMARTS) is 1. The first-order valence-electron chi connectivity index (χ1n) is 7.24. The van der Waals surface area contributed by atoms with Gasteiger partial charge in [-0.2, -0.15) is 0 Å². The van der Waals surface area contributed by atoms with Crippen LogP contribution in [0, 0.1) is 5.41 Å². The normalized spacial score (nSPS) is 17.5. The molecule has 0 spiro atoms. The average Bonchev–Trinajstić information content (AvgIpc) is 2.48. The van der Waals surface area contributed by atoms with Crippen LogP contribution in [0.5, 0.6) is 0 Å². The van der Waals surface area contributed by atoms with E-state index >= 15 is 0 Å². The van der Waals surface area contributed by atoms with Crippen molar-refractivity contribution in [2.24, 2.45) is 11.1 Å². The summed E-state index contributed by atoms with van der Waals surface area (Å²) >= 11 is 0. The minimum atomic E-state index is -0.775. The lowest BCUT2D eigenvalue weighted by atomic mass is 9.80. The van der Waals surface area contributed by atoms with Gasteiger partial charge in [-0.05, 0) is 30.9 Å². The van der Waals surface area contributed by atoms with Crippen molar-refractivity contribution in [3.8, 4) is 0 Å². The number of benzene rings is 1. The summed E-state index contributed by atoms with van der Waals surface area (Å²) in [5, 5.41) is 9.21. The Labute approximate surface area is 124 Å². The molecule has 0 unspecified atom stereocenters. The maximum atomic E-state index is 12.4. The van der Waals surface area contributed by atoms with E-state index in [9.17, 15) is 14.7 Å². The van der Waals surface area contributed by atoms with E-state index in [2.05, 4.69) is 0 Å². The highest BCUT2D eigenvalue weighted by atomic mass is 16.4. The molecule has 1 fully saturated rings. The lowest BCUT2D eigenvalue weighted by molar-refractivity contribution is -0.152. The fourth-order valence-corrected chi connectivity index (χ4v) is 2.67. The van der Waals surface area contributed by atoms with Crippen LogP contribution in [0.2, 0.25) is 0 Å². The second kappa shape index (κ2) is 6.26. The quantitative estimate of drug-likeness (QED) is 0.878. The highest BCUT2D eigenvalue weighted by Crippen LogP contribution is 2.31. The second-order valence-electron chi connectivity index (χ2n) is 5.90. The molecule has 1 aromatic carbocycles. The van der Waals surface area contributed by atoms with E-state index in [0.29, 0.717) is 38.9 Å². The second-order valence-corrected chi connectivity index (χ2v) is 5.90. The molecule has 5 heteroatoms. The van der Waals surface area contributed by atoms with E-state index in [4.69, 9.17) is 5.73 Å². The Morgan fingerprint density at radius 3 is 2.33 bits per heavy atom. The molecular weight excluding hydrogens is 268 g/mol. The topological polar surface area (TPSA) is 83.6 Å². The summed E-state index contributed by atoms with van der Waals surface area (Å²) in [5.41, 5.74) is 6.92. The predicted molar refractivity (Wildman–Crippen MR) is 79.6 cm³/mol. The number of hydrogen-bond acceptors (Lipinski definition) is 3. The van der Waals surface area contributed by atoms with Gasteiger partial charge in [0.05, 0.1) is 11.8 Å². The molecule has 3 N–H and O–H groups in total. The van der Waals surface area contributed by atoms with Crippen molar-refractivity contribution in [1.29, 1.82) is 0 Å². The molecule has 1 amide bonds. The molecule has 2 rings (SSSR count). The van der Waals surface area contributed by atoms with Gasteiger partial charge in [0, 0.05) is 19.6 Å². The van der Waals surface area contributed by atoms with Gasteiger partial charge in [0.15, 0.2) is 0 Å². The smallest absolute Gasteiger partial charge is 0.309 e. The van der Waals surface area contributed by atoms with E-state index in [1.165, 1.54) is 0 Å². The Kier molecular flexibility index (Phi) is 4.63. The van der Waals surface area contributed by atoms with Crippen LogP contribution in [0.25, 0.3) is 0 Å². The van der Waals surface area contributed by atoms with Gasteiger partial charge >= 0.3 is 5.97 Å². The van der Waals surface area contributed by atoms with Crippen molar-refractivity contribution in [1.82, 2.24) is 4.90 Å². The number of carbonyl (C=O) groups excluding carboxylic acids is 1. The molecule has 0 radical (unpaired) electrons. The number of amides is 1. The first-order valence-corrected chi connectivity index (χ1v) is 7.24. The third kappa shape index (κ3) is 3.42. The molecule has 0 aromatic heterocycles. The SMILES string of the molecule is CC1(C(=O)O)CCN(C(=O)Cc2ccccc2CN)CC1. The molecule has 114 valence electrons. The number of likely N-dealkylation sites (tertiary alicyclic amines) is 1. The average molecular weight is 290 g/mol. The van der Waals surface area contributed by atoms with Crippen molar-refractivity contribution in [3.63, 3.8) is 0 Å². The molecule has 1 heterocycles. The molecule has 1 aliphatic rings. The number of hydrogen-bond donors (Lipinski definition) is 2. The standard InChI is InChI=1S/C16H22N2O3/c1-16(15(20)21)6-8-18(9-7-16)14(19)10-12-4-2-3-5-13(12)11-17/h2-5H,6-11,17H2,1H3,(H,20,21). The van der Waals surface area contributed by atoms with Gasteiger partial charge in [0.2, 0.25) is 5.91 Å². The molecule has 0 aliphatic carbocycles. The van der Waals surface area contributed by atoms with Crippen LogP contribution in [0.3, 0.4) is 0 Å². The fraction of sp³-hybridized carbons (Fsp3) is 0.500. The Hall–Kier alpha value is -1.88. The zero-order valence-corrected chi connectivity index (χ0v) is 12.3. The van der Waals surface area contributed by atoms with Gasteiger partial charge in [-0.15, -0.1) is 0 Å². The maximum absolute atomic E-state index is 12.4. The summed E-state index contributed by atoms with van der Waals surface area (Å²) in [7, 11) is 0. The third-order valence-corrected chi connectivity index (χ3v) is 4.42. The van der Waals surface area contributed by atoms with Crippen LogP contribution in [0.4, 0.5) is 0 Å². The molecule has 0 saturated carbocycles. The third-order valence-electron chi connectivity index (χ3n) is 4.42. The minimum absolute atomic E-state index is 0.0448. The van der Waals surface area contributed by atoms with E-state index in [1.807, 2.05) is 24.3 Å². The Balaban J connectivity index is 1.98. The van der Waals surface area contributed by atoms with Gasteiger partial charge < -0.3 is 15.7 Å². The minimum Gasteiger partial charge on any atom is -0.481 e. The lowest BCUT2D eigenvalue weighted by Gasteiger charge is -2.36.